The van der Waals surface area contributed by atoms with E-state index in [9.17, 15) is 14.0 Å². The molecule has 21 heavy (non-hydrogen) atoms. The van der Waals surface area contributed by atoms with Gasteiger partial charge in [0, 0.05) is 25.0 Å². The second-order valence-electron chi connectivity index (χ2n) is 5.84. The molecule has 2 N–H and O–H groups in total. The van der Waals surface area contributed by atoms with Crippen molar-refractivity contribution in [3.63, 3.8) is 0 Å². The van der Waals surface area contributed by atoms with Crippen molar-refractivity contribution < 1.29 is 14.0 Å². The van der Waals surface area contributed by atoms with Gasteiger partial charge in [-0.15, -0.1) is 0 Å². The summed E-state index contributed by atoms with van der Waals surface area (Å²) in [6.07, 6.45) is 1.50. The van der Waals surface area contributed by atoms with Crippen LogP contribution in [0.25, 0.3) is 0 Å². The quantitative estimate of drug-likeness (QED) is 0.875. The summed E-state index contributed by atoms with van der Waals surface area (Å²) in [5.74, 6) is 0.0814. The molecule has 2 fully saturated rings. The fourth-order valence-electron chi connectivity index (χ4n) is 2.55. The SMILES string of the molecule is CC(F)c1cc(C(=O)N2CCC(NC(=O)C3CC3)C2)[nH]n1. The Hall–Kier alpha value is -1.92. The highest BCUT2D eigenvalue weighted by atomic mass is 19.1. The van der Waals surface area contributed by atoms with Crippen molar-refractivity contribution in [2.24, 2.45) is 5.92 Å². The van der Waals surface area contributed by atoms with Crippen molar-refractivity contribution in [2.45, 2.75) is 38.4 Å². The molecule has 2 amide bonds. The van der Waals surface area contributed by atoms with Crippen LogP contribution < -0.4 is 5.32 Å². The van der Waals surface area contributed by atoms with Crippen LogP contribution in [0, 0.1) is 5.92 Å². The molecule has 7 heteroatoms. The van der Waals surface area contributed by atoms with Crippen LogP contribution >= 0.6 is 0 Å². The van der Waals surface area contributed by atoms with E-state index in [1.807, 2.05) is 0 Å². The number of nitrogens with zero attached hydrogens (tertiary/aromatic N) is 2. The van der Waals surface area contributed by atoms with E-state index in [0.717, 1.165) is 19.3 Å². The Morgan fingerprint density at radius 1 is 1.48 bits per heavy atom. The summed E-state index contributed by atoms with van der Waals surface area (Å²) in [6, 6.07) is 1.47. The number of alkyl halides is 1. The van der Waals surface area contributed by atoms with E-state index in [4.69, 9.17) is 0 Å². The molecule has 1 aromatic heterocycles. The van der Waals surface area contributed by atoms with Gasteiger partial charge in [-0.25, -0.2) is 4.39 Å². The Balaban J connectivity index is 1.56. The molecule has 1 aliphatic carbocycles. The van der Waals surface area contributed by atoms with Gasteiger partial charge in [-0.1, -0.05) is 0 Å². The van der Waals surface area contributed by atoms with Crippen LogP contribution in [0.4, 0.5) is 4.39 Å². The molecule has 1 aliphatic heterocycles. The van der Waals surface area contributed by atoms with E-state index < -0.39 is 6.17 Å². The van der Waals surface area contributed by atoms with Gasteiger partial charge in [-0.2, -0.15) is 5.10 Å². The molecule has 3 rings (SSSR count). The van der Waals surface area contributed by atoms with Crippen LogP contribution in [-0.2, 0) is 4.79 Å². The van der Waals surface area contributed by atoms with Gasteiger partial charge in [0.25, 0.3) is 5.91 Å². The molecule has 2 unspecified atom stereocenters. The minimum absolute atomic E-state index is 0.0181. The van der Waals surface area contributed by atoms with E-state index in [2.05, 4.69) is 15.5 Å². The van der Waals surface area contributed by atoms with Gasteiger partial charge in [0.1, 0.15) is 11.9 Å². The Morgan fingerprint density at radius 2 is 2.24 bits per heavy atom. The summed E-state index contributed by atoms with van der Waals surface area (Å²) in [4.78, 5) is 25.7. The van der Waals surface area contributed by atoms with E-state index in [-0.39, 0.29) is 29.5 Å². The van der Waals surface area contributed by atoms with Gasteiger partial charge in [-0.3, -0.25) is 14.7 Å². The number of amides is 2. The third-order valence-electron chi connectivity index (χ3n) is 4.01. The Labute approximate surface area is 122 Å². The lowest BCUT2D eigenvalue weighted by atomic mass is 10.2. The number of halogens is 1. The van der Waals surface area contributed by atoms with Gasteiger partial charge in [0.05, 0.1) is 5.69 Å². The molecule has 6 nitrogen and oxygen atoms in total. The number of aromatic amines is 1. The molecule has 0 radical (unpaired) electrons. The standard InChI is InChI=1S/C14H19FN4O2/c1-8(15)11-6-12(18-17-11)14(21)19-5-4-10(7-19)16-13(20)9-2-3-9/h6,8-10H,2-5,7H2,1H3,(H,16,20)(H,17,18). The van der Waals surface area contributed by atoms with Crippen molar-refractivity contribution in [1.82, 2.24) is 20.4 Å². The maximum absolute atomic E-state index is 13.1. The smallest absolute Gasteiger partial charge is 0.271 e. The van der Waals surface area contributed by atoms with Crippen LogP contribution in [0.5, 0.6) is 0 Å². The van der Waals surface area contributed by atoms with Crippen molar-refractivity contribution in [1.29, 1.82) is 0 Å². The topological polar surface area (TPSA) is 78.1 Å². The summed E-state index contributed by atoms with van der Waals surface area (Å²) in [5, 5.41) is 9.35. The molecule has 0 aromatic carbocycles. The van der Waals surface area contributed by atoms with Crippen LogP contribution in [0.2, 0.25) is 0 Å². The minimum atomic E-state index is -1.20. The van der Waals surface area contributed by atoms with E-state index in [0.29, 0.717) is 18.8 Å². The molecule has 0 spiro atoms. The van der Waals surface area contributed by atoms with Crippen molar-refractivity contribution in [3.05, 3.63) is 17.5 Å². The zero-order valence-electron chi connectivity index (χ0n) is 11.9. The monoisotopic (exact) mass is 294 g/mol. The largest absolute Gasteiger partial charge is 0.351 e. The molecule has 1 saturated heterocycles. The number of hydrogen-bond donors (Lipinski definition) is 2. The van der Waals surface area contributed by atoms with Gasteiger partial charge in [-0.05, 0) is 32.3 Å². The zero-order valence-corrected chi connectivity index (χ0v) is 11.9. The molecule has 2 atom stereocenters. The summed E-state index contributed by atoms with van der Waals surface area (Å²) < 4.78 is 13.1. The summed E-state index contributed by atoms with van der Waals surface area (Å²) in [5.41, 5.74) is 0.528. The maximum Gasteiger partial charge on any atom is 0.271 e. The maximum atomic E-state index is 13.1. The number of rotatable bonds is 4. The highest BCUT2D eigenvalue weighted by Crippen LogP contribution is 2.29. The summed E-state index contributed by atoms with van der Waals surface area (Å²) in [6.45, 7) is 2.47. The van der Waals surface area contributed by atoms with Crippen molar-refractivity contribution >= 4 is 11.8 Å². The fraction of sp³-hybridized carbons (Fsp3) is 0.643. The summed E-state index contributed by atoms with van der Waals surface area (Å²) >= 11 is 0. The Morgan fingerprint density at radius 3 is 2.86 bits per heavy atom. The second kappa shape index (κ2) is 5.46. The number of H-pyrrole nitrogens is 1. The van der Waals surface area contributed by atoms with Gasteiger partial charge in [0.2, 0.25) is 5.91 Å². The molecule has 2 heterocycles. The fourth-order valence-corrected chi connectivity index (χ4v) is 2.55. The molecule has 114 valence electrons. The number of carbonyl (C=O) groups is 2. The van der Waals surface area contributed by atoms with Crippen LogP contribution in [0.1, 0.15) is 48.5 Å². The number of nitrogens with one attached hydrogen (secondary N) is 2. The zero-order chi connectivity index (χ0) is 15.0. The normalized spacial score (nSPS) is 23.1. The molecule has 2 aliphatic rings. The van der Waals surface area contributed by atoms with E-state index >= 15 is 0 Å². The van der Waals surface area contributed by atoms with E-state index in [1.54, 1.807) is 4.90 Å². The molecular formula is C14H19FN4O2. The first-order valence-electron chi connectivity index (χ1n) is 7.33. The predicted molar refractivity (Wildman–Crippen MR) is 73.3 cm³/mol. The lowest BCUT2D eigenvalue weighted by Crippen LogP contribution is -2.39. The first kappa shape index (κ1) is 14.0. The van der Waals surface area contributed by atoms with Crippen LogP contribution in [0.15, 0.2) is 6.07 Å². The van der Waals surface area contributed by atoms with Crippen LogP contribution in [0.3, 0.4) is 0 Å². The van der Waals surface area contributed by atoms with Gasteiger partial charge < -0.3 is 10.2 Å². The molecule has 1 aromatic rings. The minimum Gasteiger partial charge on any atom is -0.351 e. The highest BCUT2D eigenvalue weighted by Gasteiger charge is 2.34. The van der Waals surface area contributed by atoms with Crippen molar-refractivity contribution in [2.75, 3.05) is 13.1 Å². The Bertz CT molecular complexity index is 553. The molecule has 1 saturated carbocycles. The molecule has 0 bridgehead atoms. The van der Waals surface area contributed by atoms with Gasteiger partial charge in [0.15, 0.2) is 0 Å². The van der Waals surface area contributed by atoms with Gasteiger partial charge >= 0.3 is 0 Å². The predicted octanol–water partition coefficient (Wildman–Crippen LogP) is 1.18. The first-order chi connectivity index (χ1) is 10.0. The average molecular weight is 294 g/mol. The first-order valence-corrected chi connectivity index (χ1v) is 7.33. The second-order valence-corrected chi connectivity index (χ2v) is 5.84. The third-order valence-corrected chi connectivity index (χ3v) is 4.01. The van der Waals surface area contributed by atoms with Crippen molar-refractivity contribution in [3.8, 4) is 0 Å². The highest BCUT2D eigenvalue weighted by molar-refractivity contribution is 5.92. The lowest BCUT2D eigenvalue weighted by Gasteiger charge is -2.16. The number of hydrogen-bond acceptors (Lipinski definition) is 3. The van der Waals surface area contributed by atoms with Crippen LogP contribution in [-0.4, -0.2) is 46.0 Å². The third kappa shape index (κ3) is 3.06. The summed E-state index contributed by atoms with van der Waals surface area (Å²) in [7, 11) is 0. The lowest BCUT2D eigenvalue weighted by molar-refractivity contribution is -0.122. The number of likely N-dealkylation sites (tertiary alicyclic amines) is 1. The number of aromatic nitrogens is 2. The average Bonchev–Trinajstić information content (AvgIpc) is 3.01. The Kier molecular flexibility index (Phi) is 3.65. The number of carbonyl (C=O) groups excluding carboxylic acids is 2. The van der Waals surface area contributed by atoms with E-state index in [1.165, 1.54) is 13.0 Å². The molecular weight excluding hydrogens is 275 g/mol.